The molecule has 6 heteroatoms. The molecule has 0 aliphatic carbocycles. The Hall–Kier alpha value is 1.05. The van der Waals surface area contributed by atoms with E-state index in [0.29, 0.717) is 13.2 Å². The second-order valence-corrected chi connectivity index (χ2v) is 4.04. The summed E-state index contributed by atoms with van der Waals surface area (Å²) in [7, 11) is 0. The number of hydrogen-bond donors (Lipinski definition) is 0. The summed E-state index contributed by atoms with van der Waals surface area (Å²) in [5.74, 6) is 0. The molecule has 0 spiro atoms. The van der Waals surface area contributed by atoms with Crippen molar-refractivity contribution in [2.75, 3.05) is 13.2 Å². The van der Waals surface area contributed by atoms with E-state index in [1.54, 1.807) is 13.8 Å². The van der Waals surface area contributed by atoms with E-state index in [0.717, 1.165) is 0 Å². The molecule has 0 bridgehead atoms. The zero-order valence-electron chi connectivity index (χ0n) is 5.80. The van der Waals surface area contributed by atoms with Crippen LogP contribution in [0.5, 0.6) is 0 Å². The van der Waals surface area contributed by atoms with Crippen molar-refractivity contribution >= 4 is 18.5 Å². The summed E-state index contributed by atoms with van der Waals surface area (Å²) in [4.78, 5) is 10.8. The van der Waals surface area contributed by atoms with Crippen LogP contribution in [0.2, 0.25) is 0 Å². The summed E-state index contributed by atoms with van der Waals surface area (Å²) < 4.78 is 9.24. The van der Waals surface area contributed by atoms with Gasteiger partial charge in [0.05, 0.1) is 13.2 Å². The molecule has 0 fully saturated rings. The van der Waals surface area contributed by atoms with Gasteiger partial charge in [-0.05, 0) is 13.8 Å². The van der Waals surface area contributed by atoms with Crippen molar-refractivity contribution < 1.29 is 31.0 Å². The zero-order chi connectivity index (χ0) is 7.33. The molecular formula is C4H10CuO3PS. The van der Waals surface area contributed by atoms with Crippen LogP contribution in [0, 0.1) is 0 Å². The molecule has 0 unspecified atom stereocenters. The van der Waals surface area contributed by atoms with Crippen molar-refractivity contribution in [1.82, 2.24) is 0 Å². The Kier molecular flexibility index (Phi) is 9.19. The van der Waals surface area contributed by atoms with Gasteiger partial charge < -0.3 is 13.9 Å². The molecule has 0 aliphatic heterocycles. The van der Waals surface area contributed by atoms with Crippen molar-refractivity contribution in [3.63, 3.8) is 0 Å². The van der Waals surface area contributed by atoms with Gasteiger partial charge in [0, 0.05) is 0 Å². The maximum atomic E-state index is 10.8. The molecule has 0 heterocycles. The molecule has 0 amide bonds. The Labute approximate surface area is 76.8 Å². The van der Waals surface area contributed by atoms with E-state index in [2.05, 4.69) is 20.9 Å². The van der Waals surface area contributed by atoms with Gasteiger partial charge in [0.25, 0.3) is 0 Å². The molecule has 10 heavy (non-hydrogen) atoms. The molecule has 0 radical (unpaired) electrons. The van der Waals surface area contributed by atoms with E-state index in [-0.39, 0.29) is 17.1 Å². The predicted octanol–water partition coefficient (Wildman–Crippen LogP) is 0.642. The molecule has 0 rings (SSSR count). The van der Waals surface area contributed by atoms with Crippen LogP contribution in [0.15, 0.2) is 0 Å². The molecular weight excluding hydrogens is 223 g/mol. The maximum absolute atomic E-state index is 10.8. The fourth-order valence-corrected chi connectivity index (χ4v) is 1.69. The summed E-state index contributed by atoms with van der Waals surface area (Å²) in [6, 6.07) is 0. The third kappa shape index (κ3) is 7.16. The predicted molar refractivity (Wildman–Crippen MR) is 37.5 cm³/mol. The third-order valence-electron chi connectivity index (χ3n) is 0.574. The van der Waals surface area contributed by atoms with E-state index < -0.39 is 6.72 Å². The summed E-state index contributed by atoms with van der Waals surface area (Å²) in [5.41, 5.74) is 0. The summed E-state index contributed by atoms with van der Waals surface area (Å²) in [6.45, 7) is 0.999. The molecule has 0 atom stereocenters. The fourth-order valence-electron chi connectivity index (χ4n) is 0.353. The van der Waals surface area contributed by atoms with Crippen molar-refractivity contribution in [3.05, 3.63) is 0 Å². The van der Waals surface area contributed by atoms with Gasteiger partial charge in [0.15, 0.2) is 0 Å². The Morgan fingerprint density at radius 2 is 1.60 bits per heavy atom. The molecule has 0 aliphatic rings. The van der Waals surface area contributed by atoms with Gasteiger partial charge >= 0.3 is 17.1 Å². The van der Waals surface area contributed by atoms with Crippen LogP contribution >= 0.6 is 6.72 Å². The van der Waals surface area contributed by atoms with Crippen LogP contribution in [-0.2, 0) is 37.9 Å². The fraction of sp³-hybridized carbons (Fsp3) is 1.00. The SMILES string of the molecule is CCOP([O-])(=S)OCC.[Cu+]. The van der Waals surface area contributed by atoms with Gasteiger partial charge in [0.2, 0.25) is 0 Å². The largest absolute Gasteiger partial charge is 1.00 e. The minimum Gasteiger partial charge on any atom is -0.780 e. The van der Waals surface area contributed by atoms with Crippen molar-refractivity contribution in [2.45, 2.75) is 13.8 Å². The van der Waals surface area contributed by atoms with Crippen LogP contribution in [0.3, 0.4) is 0 Å². The molecule has 66 valence electrons. The van der Waals surface area contributed by atoms with E-state index in [4.69, 9.17) is 0 Å². The summed E-state index contributed by atoms with van der Waals surface area (Å²) in [6.07, 6.45) is 0. The molecule has 0 N–H and O–H groups in total. The first-order valence-electron chi connectivity index (χ1n) is 2.72. The second-order valence-electron chi connectivity index (χ2n) is 1.28. The van der Waals surface area contributed by atoms with Crippen LogP contribution in [0.1, 0.15) is 13.8 Å². The third-order valence-corrected chi connectivity index (χ3v) is 2.36. The van der Waals surface area contributed by atoms with Gasteiger partial charge in [-0.3, -0.25) is 0 Å². The van der Waals surface area contributed by atoms with Crippen LogP contribution in [0.25, 0.3) is 0 Å². The maximum Gasteiger partial charge on any atom is 1.00 e. The Morgan fingerprint density at radius 3 is 1.80 bits per heavy atom. The van der Waals surface area contributed by atoms with Crippen LogP contribution in [-0.4, -0.2) is 13.2 Å². The smallest absolute Gasteiger partial charge is 0.780 e. The number of rotatable bonds is 4. The number of hydrogen-bond acceptors (Lipinski definition) is 4. The minimum absolute atomic E-state index is 0. The zero-order valence-corrected chi connectivity index (χ0v) is 8.45. The molecule has 3 nitrogen and oxygen atoms in total. The summed E-state index contributed by atoms with van der Waals surface area (Å²) >= 11 is 4.45. The van der Waals surface area contributed by atoms with Crippen molar-refractivity contribution in [3.8, 4) is 0 Å². The topological polar surface area (TPSA) is 41.5 Å². The average molecular weight is 233 g/mol. The molecule has 0 aromatic heterocycles. The van der Waals surface area contributed by atoms with Crippen molar-refractivity contribution in [2.24, 2.45) is 0 Å². The van der Waals surface area contributed by atoms with Gasteiger partial charge in [-0.25, -0.2) is 0 Å². The van der Waals surface area contributed by atoms with E-state index in [9.17, 15) is 4.89 Å². The van der Waals surface area contributed by atoms with Gasteiger partial charge in [-0.1, -0.05) is 11.8 Å². The first-order chi connectivity index (χ1) is 4.12. The van der Waals surface area contributed by atoms with Gasteiger partial charge in [-0.2, -0.15) is 0 Å². The molecule has 0 aromatic carbocycles. The van der Waals surface area contributed by atoms with E-state index >= 15 is 0 Å². The molecule has 0 saturated heterocycles. The Bertz CT molecular complexity index is 111. The van der Waals surface area contributed by atoms with Crippen LogP contribution < -0.4 is 4.89 Å². The quantitative estimate of drug-likeness (QED) is 0.527. The van der Waals surface area contributed by atoms with Gasteiger partial charge in [0.1, 0.15) is 6.72 Å². The average Bonchev–Trinajstić information content (AvgIpc) is 1.64. The van der Waals surface area contributed by atoms with Crippen LogP contribution in [0.4, 0.5) is 0 Å². The summed E-state index contributed by atoms with van der Waals surface area (Å²) in [5, 5.41) is 0. The standard InChI is InChI=1S/C4H11O3PS.Cu/c1-3-6-8(5,9)7-4-2;/h3-4H2,1-2H3,(H,5,9);/q;+1/p-1. The first-order valence-corrected chi connectivity index (χ1v) is 5.28. The van der Waals surface area contributed by atoms with E-state index in [1.165, 1.54) is 0 Å². The minimum atomic E-state index is -3.11. The van der Waals surface area contributed by atoms with E-state index in [1.807, 2.05) is 0 Å². The monoisotopic (exact) mass is 232 g/mol. The second kappa shape index (κ2) is 6.74. The molecule has 0 saturated carbocycles. The Balaban J connectivity index is 0. The van der Waals surface area contributed by atoms with Gasteiger partial charge in [-0.15, -0.1) is 0 Å². The Morgan fingerprint density at radius 1 is 1.30 bits per heavy atom. The first kappa shape index (κ1) is 13.6. The van der Waals surface area contributed by atoms with Crippen molar-refractivity contribution in [1.29, 1.82) is 0 Å². The normalized spacial score (nSPS) is 10.7. The molecule has 0 aromatic rings.